The van der Waals surface area contributed by atoms with Crippen molar-refractivity contribution in [2.45, 2.75) is 71.6 Å². The van der Waals surface area contributed by atoms with E-state index < -0.39 is 11.9 Å². The van der Waals surface area contributed by atoms with Crippen LogP contribution in [0.2, 0.25) is 0 Å². The van der Waals surface area contributed by atoms with E-state index in [2.05, 4.69) is 13.8 Å². The Hall–Kier alpha value is -1.84. The first-order valence-corrected chi connectivity index (χ1v) is 9.02. The molecule has 0 saturated heterocycles. The molecule has 0 fully saturated rings. The Kier molecular flexibility index (Phi) is 9.13. The Morgan fingerprint density at radius 2 is 1.46 bits per heavy atom. The number of benzene rings is 1. The molecule has 134 valence electrons. The van der Waals surface area contributed by atoms with Crippen LogP contribution in [0, 0.1) is 5.92 Å². The van der Waals surface area contributed by atoms with Crippen LogP contribution in [-0.2, 0) is 6.42 Å². The van der Waals surface area contributed by atoms with Gasteiger partial charge in [-0.15, -0.1) is 0 Å². The molecule has 0 saturated carbocycles. The Morgan fingerprint density at radius 1 is 0.875 bits per heavy atom. The summed E-state index contributed by atoms with van der Waals surface area (Å²) in [4.78, 5) is 22.5. The fourth-order valence-electron chi connectivity index (χ4n) is 2.99. The molecule has 0 aromatic heterocycles. The van der Waals surface area contributed by atoms with Gasteiger partial charge in [-0.2, -0.15) is 0 Å². The lowest BCUT2D eigenvalue weighted by Gasteiger charge is -2.09. The van der Waals surface area contributed by atoms with Gasteiger partial charge >= 0.3 is 11.9 Å². The maximum absolute atomic E-state index is 11.4. The van der Waals surface area contributed by atoms with Gasteiger partial charge in [-0.25, -0.2) is 9.59 Å². The summed E-state index contributed by atoms with van der Waals surface area (Å²) in [5, 5.41) is 18.4. The molecule has 0 unspecified atom stereocenters. The number of rotatable bonds is 12. The fraction of sp³-hybridized carbons (Fsp3) is 0.600. The number of unbranched alkanes of at least 4 members (excludes halogenated alkanes) is 6. The Balaban J connectivity index is 2.34. The van der Waals surface area contributed by atoms with Crippen molar-refractivity contribution in [2.24, 2.45) is 5.92 Å². The second-order valence-electron chi connectivity index (χ2n) is 6.86. The summed E-state index contributed by atoms with van der Waals surface area (Å²) in [5.74, 6) is -1.56. The van der Waals surface area contributed by atoms with Gasteiger partial charge in [0.1, 0.15) is 0 Å². The number of carboxylic acids is 2. The molecule has 0 amide bonds. The van der Waals surface area contributed by atoms with Gasteiger partial charge in [0.25, 0.3) is 0 Å². The van der Waals surface area contributed by atoms with Crippen molar-refractivity contribution in [1.82, 2.24) is 0 Å². The van der Waals surface area contributed by atoms with Crippen LogP contribution in [0.4, 0.5) is 0 Å². The van der Waals surface area contributed by atoms with E-state index in [4.69, 9.17) is 5.11 Å². The zero-order valence-electron chi connectivity index (χ0n) is 14.9. The standard InChI is InChI=1S/C20H30O4/c1-15(2)11-8-6-4-3-5-7-9-12-16-13-10-14-17(19(21)22)18(16)20(23)24/h10,13-15H,3-9,11-12H2,1-2H3,(H,21,22)(H,23,24). The molecule has 1 aromatic carbocycles. The number of carbonyl (C=O) groups is 2. The van der Waals surface area contributed by atoms with Gasteiger partial charge in [-0.05, 0) is 30.4 Å². The third-order valence-electron chi connectivity index (χ3n) is 4.32. The Bertz CT molecular complexity index is 534. The summed E-state index contributed by atoms with van der Waals surface area (Å²) in [7, 11) is 0. The average Bonchev–Trinajstić information content (AvgIpc) is 2.52. The molecule has 0 aliphatic rings. The number of carboxylic acid groups (broad SMARTS) is 2. The topological polar surface area (TPSA) is 74.6 Å². The Labute approximate surface area is 144 Å². The summed E-state index contributed by atoms with van der Waals surface area (Å²) in [6.45, 7) is 4.51. The fourth-order valence-corrected chi connectivity index (χ4v) is 2.99. The van der Waals surface area contributed by atoms with E-state index in [1.165, 1.54) is 38.2 Å². The van der Waals surface area contributed by atoms with Gasteiger partial charge in [0.2, 0.25) is 0 Å². The lowest BCUT2D eigenvalue weighted by molar-refractivity contribution is 0.0650. The first-order chi connectivity index (χ1) is 11.4. The lowest BCUT2D eigenvalue weighted by atomic mass is 9.96. The number of aromatic carboxylic acids is 2. The normalized spacial score (nSPS) is 11.0. The minimum absolute atomic E-state index is 0.0568. The zero-order valence-corrected chi connectivity index (χ0v) is 14.9. The van der Waals surface area contributed by atoms with Crippen molar-refractivity contribution in [3.63, 3.8) is 0 Å². The van der Waals surface area contributed by atoms with E-state index in [0.29, 0.717) is 12.0 Å². The smallest absolute Gasteiger partial charge is 0.336 e. The predicted octanol–water partition coefficient (Wildman–Crippen LogP) is 5.40. The number of hydrogen-bond acceptors (Lipinski definition) is 2. The van der Waals surface area contributed by atoms with E-state index in [9.17, 15) is 14.7 Å². The third kappa shape index (κ3) is 7.16. The van der Waals surface area contributed by atoms with E-state index >= 15 is 0 Å². The van der Waals surface area contributed by atoms with Crippen LogP contribution < -0.4 is 0 Å². The molecule has 0 radical (unpaired) electrons. The summed E-state index contributed by atoms with van der Waals surface area (Å²) < 4.78 is 0. The minimum Gasteiger partial charge on any atom is -0.478 e. The largest absolute Gasteiger partial charge is 0.478 e. The molecule has 0 aliphatic carbocycles. The number of hydrogen-bond donors (Lipinski definition) is 2. The maximum Gasteiger partial charge on any atom is 0.336 e. The zero-order chi connectivity index (χ0) is 17.9. The molecule has 0 bridgehead atoms. The van der Waals surface area contributed by atoms with Crippen LogP contribution in [0.5, 0.6) is 0 Å². The van der Waals surface area contributed by atoms with Crippen LogP contribution in [0.1, 0.15) is 91.5 Å². The Morgan fingerprint density at radius 3 is 2.00 bits per heavy atom. The van der Waals surface area contributed by atoms with E-state index in [0.717, 1.165) is 25.2 Å². The van der Waals surface area contributed by atoms with Gasteiger partial charge in [0.05, 0.1) is 11.1 Å². The highest BCUT2D eigenvalue weighted by Crippen LogP contribution is 2.19. The molecule has 0 heterocycles. The van der Waals surface area contributed by atoms with Crippen molar-refractivity contribution in [3.8, 4) is 0 Å². The average molecular weight is 334 g/mol. The van der Waals surface area contributed by atoms with Gasteiger partial charge in [-0.1, -0.05) is 70.9 Å². The second-order valence-corrected chi connectivity index (χ2v) is 6.86. The molecule has 1 aromatic rings. The van der Waals surface area contributed by atoms with E-state index in [1.807, 2.05) is 0 Å². The molecule has 1 rings (SSSR count). The first-order valence-electron chi connectivity index (χ1n) is 9.02. The van der Waals surface area contributed by atoms with Gasteiger partial charge in [-0.3, -0.25) is 0 Å². The van der Waals surface area contributed by atoms with Crippen molar-refractivity contribution >= 4 is 11.9 Å². The summed E-state index contributed by atoms with van der Waals surface area (Å²) >= 11 is 0. The van der Waals surface area contributed by atoms with Crippen molar-refractivity contribution < 1.29 is 19.8 Å². The lowest BCUT2D eigenvalue weighted by Crippen LogP contribution is -2.11. The summed E-state index contributed by atoms with van der Waals surface area (Å²) in [5.41, 5.74) is 0.447. The highest BCUT2D eigenvalue weighted by Gasteiger charge is 2.19. The maximum atomic E-state index is 11.4. The molecule has 4 heteroatoms. The molecular formula is C20H30O4. The van der Waals surface area contributed by atoms with Gasteiger partial charge in [0, 0.05) is 0 Å². The SMILES string of the molecule is CC(C)CCCCCCCCCc1cccc(C(=O)O)c1C(=O)O. The van der Waals surface area contributed by atoms with Crippen LogP contribution >= 0.6 is 0 Å². The van der Waals surface area contributed by atoms with E-state index in [-0.39, 0.29) is 11.1 Å². The van der Waals surface area contributed by atoms with Crippen LogP contribution in [0.15, 0.2) is 18.2 Å². The molecular weight excluding hydrogens is 304 g/mol. The van der Waals surface area contributed by atoms with Crippen LogP contribution in [0.25, 0.3) is 0 Å². The second kappa shape index (κ2) is 10.8. The molecule has 0 aliphatic heterocycles. The van der Waals surface area contributed by atoms with Gasteiger partial charge in [0.15, 0.2) is 0 Å². The molecule has 0 atom stereocenters. The molecule has 4 nitrogen and oxygen atoms in total. The summed E-state index contributed by atoms with van der Waals surface area (Å²) in [6.07, 6.45) is 10.1. The summed E-state index contributed by atoms with van der Waals surface area (Å²) in [6, 6.07) is 4.70. The van der Waals surface area contributed by atoms with Crippen molar-refractivity contribution in [2.75, 3.05) is 0 Å². The van der Waals surface area contributed by atoms with Crippen molar-refractivity contribution in [3.05, 3.63) is 34.9 Å². The quantitative estimate of drug-likeness (QED) is 0.502. The van der Waals surface area contributed by atoms with E-state index in [1.54, 1.807) is 12.1 Å². The minimum atomic E-state index is -1.18. The van der Waals surface area contributed by atoms with Crippen molar-refractivity contribution in [1.29, 1.82) is 0 Å². The monoisotopic (exact) mass is 334 g/mol. The number of aryl methyl sites for hydroxylation is 1. The molecule has 0 spiro atoms. The molecule has 2 N–H and O–H groups in total. The van der Waals surface area contributed by atoms with Crippen LogP contribution in [0.3, 0.4) is 0 Å². The highest BCUT2D eigenvalue weighted by atomic mass is 16.4. The highest BCUT2D eigenvalue weighted by molar-refractivity contribution is 6.02. The third-order valence-corrected chi connectivity index (χ3v) is 4.32. The molecule has 24 heavy (non-hydrogen) atoms. The first kappa shape index (κ1) is 20.2. The van der Waals surface area contributed by atoms with Gasteiger partial charge < -0.3 is 10.2 Å². The predicted molar refractivity (Wildman–Crippen MR) is 95.8 cm³/mol. The van der Waals surface area contributed by atoms with Crippen LogP contribution in [-0.4, -0.2) is 22.2 Å².